The number of aliphatic hydroxyl groups is 1. The van der Waals surface area contributed by atoms with E-state index in [1.165, 1.54) is 0 Å². The first kappa shape index (κ1) is 9.93. The van der Waals surface area contributed by atoms with Gasteiger partial charge >= 0.3 is 5.97 Å². The van der Waals surface area contributed by atoms with E-state index >= 15 is 0 Å². The van der Waals surface area contributed by atoms with E-state index in [1.54, 1.807) is 6.08 Å². The van der Waals surface area contributed by atoms with Gasteiger partial charge in [-0.15, -0.1) is 0 Å². The summed E-state index contributed by atoms with van der Waals surface area (Å²) in [6.07, 6.45) is 2.43. The Hall–Kier alpha value is -1.61. The van der Waals surface area contributed by atoms with Crippen molar-refractivity contribution in [1.29, 1.82) is 0 Å². The molecule has 0 bridgehead atoms. The minimum absolute atomic E-state index is 0.0871. The molecule has 0 aromatic heterocycles. The summed E-state index contributed by atoms with van der Waals surface area (Å²) in [6, 6.07) is 9.68. The van der Waals surface area contributed by atoms with Crippen LogP contribution in [0.5, 0.6) is 0 Å². The number of rotatable bonds is 2. The number of cyclic esters (lactones) is 1. The Morgan fingerprint density at radius 2 is 2.07 bits per heavy atom. The molecule has 1 aromatic carbocycles. The summed E-state index contributed by atoms with van der Waals surface area (Å²) in [5.41, 5.74) is 1.02. The second kappa shape index (κ2) is 4.28. The van der Waals surface area contributed by atoms with E-state index in [4.69, 9.17) is 4.74 Å². The van der Waals surface area contributed by atoms with Crippen LogP contribution < -0.4 is 0 Å². The van der Waals surface area contributed by atoms with Gasteiger partial charge < -0.3 is 9.84 Å². The van der Waals surface area contributed by atoms with E-state index < -0.39 is 12.2 Å². The highest BCUT2D eigenvalue weighted by Crippen LogP contribution is 2.17. The van der Waals surface area contributed by atoms with Crippen LogP contribution in [0.1, 0.15) is 12.0 Å². The van der Waals surface area contributed by atoms with Gasteiger partial charge in [0.1, 0.15) is 12.2 Å². The summed E-state index contributed by atoms with van der Waals surface area (Å²) in [5, 5.41) is 9.44. The van der Waals surface area contributed by atoms with Crippen LogP contribution in [0.25, 0.3) is 6.08 Å². The number of aliphatic hydroxyl groups excluding tert-OH is 1. The topological polar surface area (TPSA) is 46.5 Å². The molecular weight excluding hydrogens is 192 g/mol. The van der Waals surface area contributed by atoms with Gasteiger partial charge in [-0.05, 0) is 11.6 Å². The van der Waals surface area contributed by atoms with Crippen molar-refractivity contribution in [2.75, 3.05) is 0 Å². The molecule has 15 heavy (non-hydrogen) atoms. The molecule has 1 saturated heterocycles. The number of carbonyl (C=O) groups excluding carboxylic acids is 1. The first-order valence-electron chi connectivity index (χ1n) is 4.86. The van der Waals surface area contributed by atoms with Crippen LogP contribution in [0.3, 0.4) is 0 Å². The third-order valence-electron chi connectivity index (χ3n) is 2.30. The van der Waals surface area contributed by atoms with Crippen molar-refractivity contribution >= 4 is 12.0 Å². The van der Waals surface area contributed by atoms with Crippen LogP contribution in [-0.4, -0.2) is 23.3 Å². The first-order valence-corrected chi connectivity index (χ1v) is 4.86. The molecule has 3 heteroatoms. The van der Waals surface area contributed by atoms with E-state index in [1.807, 2.05) is 36.4 Å². The van der Waals surface area contributed by atoms with Crippen molar-refractivity contribution in [3.63, 3.8) is 0 Å². The molecule has 1 fully saturated rings. The van der Waals surface area contributed by atoms with Crippen LogP contribution in [0.15, 0.2) is 36.4 Å². The molecule has 0 radical (unpaired) electrons. The van der Waals surface area contributed by atoms with Crippen LogP contribution in [-0.2, 0) is 9.53 Å². The van der Waals surface area contributed by atoms with Crippen LogP contribution in [0, 0.1) is 0 Å². The predicted octanol–water partition coefficient (Wildman–Crippen LogP) is 1.38. The van der Waals surface area contributed by atoms with Gasteiger partial charge in [0.05, 0.1) is 6.42 Å². The number of carbonyl (C=O) groups is 1. The molecule has 0 spiro atoms. The molecule has 2 atom stereocenters. The van der Waals surface area contributed by atoms with Crippen LogP contribution >= 0.6 is 0 Å². The highest BCUT2D eigenvalue weighted by molar-refractivity contribution is 5.73. The third-order valence-corrected chi connectivity index (χ3v) is 2.30. The molecule has 1 aromatic rings. The normalized spacial score (nSPS) is 25.8. The van der Waals surface area contributed by atoms with E-state index in [9.17, 15) is 9.90 Å². The summed E-state index contributed by atoms with van der Waals surface area (Å²) < 4.78 is 4.92. The monoisotopic (exact) mass is 204 g/mol. The molecule has 1 N–H and O–H groups in total. The van der Waals surface area contributed by atoms with Gasteiger partial charge in [-0.3, -0.25) is 4.79 Å². The van der Waals surface area contributed by atoms with Gasteiger partial charge in [-0.2, -0.15) is 0 Å². The largest absolute Gasteiger partial charge is 0.455 e. The minimum atomic E-state index is -0.711. The smallest absolute Gasteiger partial charge is 0.309 e. The zero-order valence-electron chi connectivity index (χ0n) is 8.17. The summed E-state index contributed by atoms with van der Waals surface area (Å²) >= 11 is 0. The van der Waals surface area contributed by atoms with E-state index in [0.717, 1.165) is 5.56 Å². The molecule has 1 aliphatic rings. The van der Waals surface area contributed by atoms with Crippen molar-refractivity contribution in [1.82, 2.24) is 0 Å². The second-order valence-electron chi connectivity index (χ2n) is 3.50. The molecule has 1 heterocycles. The third kappa shape index (κ3) is 2.44. The lowest BCUT2D eigenvalue weighted by Gasteiger charge is -2.06. The number of hydrogen-bond donors (Lipinski definition) is 1. The van der Waals surface area contributed by atoms with E-state index in [2.05, 4.69) is 0 Å². The van der Waals surface area contributed by atoms with Crippen LogP contribution in [0.4, 0.5) is 0 Å². The van der Waals surface area contributed by atoms with Crippen LogP contribution in [0.2, 0.25) is 0 Å². The van der Waals surface area contributed by atoms with Gasteiger partial charge in [-0.1, -0.05) is 36.4 Å². The lowest BCUT2D eigenvalue weighted by atomic mass is 10.1. The van der Waals surface area contributed by atoms with Gasteiger partial charge in [0.25, 0.3) is 0 Å². The average molecular weight is 204 g/mol. The molecule has 0 saturated carbocycles. The average Bonchev–Trinajstić information content (AvgIpc) is 2.56. The molecule has 3 nitrogen and oxygen atoms in total. The summed E-state index contributed by atoms with van der Waals surface area (Å²) in [5.74, 6) is -0.342. The molecule has 1 aliphatic heterocycles. The van der Waals surface area contributed by atoms with E-state index in [0.29, 0.717) is 0 Å². The van der Waals surface area contributed by atoms with Crippen molar-refractivity contribution in [2.24, 2.45) is 0 Å². The predicted molar refractivity (Wildman–Crippen MR) is 56.0 cm³/mol. The number of ether oxygens (including phenoxy) is 1. The van der Waals surface area contributed by atoms with Gasteiger partial charge in [-0.25, -0.2) is 0 Å². The summed E-state index contributed by atoms with van der Waals surface area (Å²) in [6.45, 7) is 0. The Morgan fingerprint density at radius 1 is 1.33 bits per heavy atom. The Kier molecular flexibility index (Phi) is 2.83. The fraction of sp³-hybridized carbons (Fsp3) is 0.250. The maximum Gasteiger partial charge on any atom is 0.309 e. The van der Waals surface area contributed by atoms with Gasteiger partial charge in [0.2, 0.25) is 0 Å². The minimum Gasteiger partial charge on any atom is -0.455 e. The van der Waals surface area contributed by atoms with Gasteiger partial charge in [0.15, 0.2) is 0 Å². The highest BCUT2D eigenvalue weighted by atomic mass is 16.6. The zero-order chi connectivity index (χ0) is 10.7. The quantitative estimate of drug-likeness (QED) is 0.740. The molecule has 2 rings (SSSR count). The fourth-order valence-corrected chi connectivity index (χ4v) is 1.50. The lowest BCUT2D eigenvalue weighted by molar-refractivity contribution is -0.140. The Balaban J connectivity index is 2.03. The van der Waals surface area contributed by atoms with Crippen molar-refractivity contribution in [3.05, 3.63) is 42.0 Å². The maximum absolute atomic E-state index is 10.9. The summed E-state index contributed by atoms with van der Waals surface area (Å²) in [4.78, 5) is 10.9. The Labute approximate surface area is 88.0 Å². The first-order chi connectivity index (χ1) is 7.25. The fourth-order valence-electron chi connectivity index (χ4n) is 1.50. The standard InChI is InChI=1S/C12H12O3/c13-10-8-12(14)15-11(10)7-6-9-4-2-1-3-5-9/h1-7,10-11,13H,8H2/b7-6-/t10-,11+/m0/s1. The second-order valence-corrected chi connectivity index (χ2v) is 3.50. The molecular formula is C12H12O3. The summed E-state index contributed by atoms with van der Waals surface area (Å²) in [7, 11) is 0. The maximum atomic E-state index is 10.9. The Bertz CT molecular complexity index is 370. The SMILES string of the molecule is O=C1C[C@H](O)[C@@H](/C=C\c2ccccc2)O1. The van der Waals surface area contributed by atoms with Crippen molar-refractivity contribution < 1.29 is 14.6 Å². The molecule has 78 valence electrons. The van der Waals surface area contributed by atoms with Gasteiger partial charge in [0, 0.05) is 0 Å². The number of hydrogen-bond acceptors (Lipinski definition) is 3. The zero-order valence-corrected chi connectivity index (χ0v) is 8.17. The Morgan fingerprint density at radius 3 is 2.67 bits per heavy atom. The van der Waals surface area contributed by atoms with Crippen molar-refractivity contribution in [2.45, 2.75) is 18.6 Å². The van der Waals surface area contributed by atoms with Crippen molar-refractivity contribution in [3.8, 4) is 0 Å². The molecule has 0 aliphatic carbocycles. The number of benzene rings is 1. The highest BCUT2D eigenvalue weighted by Gasteiger charge is 2.30. The van der Waals surface area contributed by atoms with E-state index in [-0.39, 0.29) is 12.4 Å². The molecule has 0 amide bonds. The number of esters is 1. The lowest BCUT2D eigenvalue weighted by Crippen LogP contribution is -2.17. The molecule has 0 unspecified atom stereocenters.